The molecular formula is C8H5Br3N3O2+. The SMILES string of the molecule is Nc1c(Br)cc(Br)cc1-[n+]1[nH]oc(=O)c1Br. The number of nitrogen functional groups attached to an aromatic ring is 1. The van der Waals surface area contributed by atoms with Gasteiger partial charge in [-0.25, -0.2) is 4.79 Å². The highest BCUT2D eigenvalue weighted by Gasteiger charge is 2.24. The van der Waals surface area contributed by atoms with E-state index in [1.807, 2.05) is 6.07 Å². The molecule has 3 N–H and O–H groups in total. The third kappa shape index (κ3) is 1.96. The maximum Gasteiger partial charge on any atom is 0.442 e. The Hall–Kier alpha value is -0.600. The molecular weight excluding hydrogens is 410 g/mol. The van der Waals surface area contributed by atoms with E-state index in [1.54, 1.807) is 6.07 Å². The number of aromatic amines is 1. The van der Waals surface area contributed by atoms with Crippen molar-refractivity contribution in [1.82, 2.24) is 5.27 Å². The van der Waals surface area contributed by atoms with Gasteiger partial charge in [-0.15, -0.1) is 0 Å². The lowest BCUT2D eigenvalue weighted by molar-refractivity contribution is -0.679. The van der Waals surface area contributed by atoms with Crippen LogP contribution in [0.3, 0.4) is 0 Å². The molecule has 0 aliphatic rings. The topological polar surface area (TPSA) is 75.9 Å². The molecule has 1 heterocycles. The number of nitrogens with one attached hydrogen (secondary N) is 1. The zero-order chi connectivity index (χ0) is 11.9. The predicted molar refractivity (Wildman–Crippen MR) is 68.4 cm³/mol. The molecule has 0 saturated heterocycles. The molecule has 84 valence electrons. The molecule has 8 heteroatoms. The predicted octanol–water partition coefficient (Wildman–Crippen LogP) is 2.11. The lowest BCUT2D eigenvalue weighted by Crippen LogP contribution is -2.36. The third-order valence-electron chi connectivity index (χ3n) is 1.91. The van der Waals surface area contributed by atoms with Gasteiger partial charge in [-0.3, -0.25) is 4.52 Å². The number of H-pyrrole nitrogens is 1. The number of hydrogen-bond acceptors (Lipinski definition) is 3. The van der Waals surface area contributed by atoms with Crippen molar-refractivity contribution in [3.63, 3.8) is 0 Å². The van der Waals surface area contributed by atoms with Crippen LogP contribution >= 0.6 is 47.8 Å². The van der Waals surface area contributed by atoms with E-state index in [4.69, 9.17) is 5.73 Å². The Kier molecular flexibility index (Phi) is 3.22. The number of benzene rings is 1. The molecule has 0 saturated carbocycles. The van der Waals surface area contributed by atoms with E-state index in [0.717, 1.165) is 8.95 Å². The number of anilines is 1. The molecule has 2 rings (SSSR count). The van der Waals surface area contributed by atoms with E-state index in [2.05, 4.69) is 57.6 Å². The molecule has 0 bridgehead atoms. The van der Waals surface area contributed by atoms with E-state index < -0.39 is 5.63 Å². The van der Waals surface area contributed by atoms with Crippen LogP contribution in [0.4, 0.5) is 5.69 Å². The van der Waals surface area contributed by atoms with Crippen LogP contribution in [0.1, 0.15) is 0 Å². The Morgan fingerprint density at radius 2 is 2.00 bits per heavy atom. The van der Waals surface area contributed by atoms with Gasteiger partial charge >= 0.3 is 10.2 Å². The molecule has 16 heavy (non-hydrogen) atoms. The second kappa shape index (κ2) is 4.34. The molecule has 1 aromatic heterocycles. The van der Waals surface area contributed by atoms with Crippen LogP contribution in [0.5, 0.6) is 0 Å². The lowest BCUT2D eigenvalue weighted by atomic mass is 10.3. The van der Waals surface area contributed by atoms with Crippen molar-refractivity contribution in [3.05, 3.63) is 36.1 Å². The van der Waals surface area contributed by atoms with Crippen LogP contribution in [-0.4, -0.2) is 5.27 Å². The zero-order valence-electron chi connectivity index (χ0n) is 7.63. The second-order valence-corrected chi connectivity index (χ2v) is 5.45. The first-order chi connectivity index (χ1) is 7.50. The number of nitrogens with two attached hydrogens (primary N) is 1. The molecule has 5 nitrogen and oxygen atoms in total. The molecule has 0 atom stereocenters. The Morgan fingerprint density at radius 1 is 1.31 bits per heavy atom. The van der Waals surface area contributed by atoms with Crippen molar-refractivity contribution in [2.75, 3.05) is 5.73 Å². The van der Waals surface area contributed by atoms with E-state index >= 15 is 0 Å². The smallest absolute Gasteiger partial charge is 0.392 e. The van der Waals surface area contributed by atoms with Gasteiger partial charge in [0, 0.05) is 30.9 Å². The number of halogens is 3. The highest BCUT2D eigenvalue weighted by Crippen LogP contribution is 2.28. The van der Waals surface area contributed by atoms with Crippen LogP contribution in [-0.2, 0) is 0 Å². The monoisotopic (exact) mass is 412 g/mol. The normalized spacial score (nSPS) is 10.7. The largest absolute Gasteiger partial charge is 0.442 e. The summed E-state index contributed by atoms with van der Waals surface area (Å²) in [4.78, 5) is 11.2. The van der Waals surface area contributed by atoms with Crippen molar-refractivity contribution in [3.8, 4) is 5.69 Å². The van der Waals surface area contributed by atoms with Crippen molar-refractivity contribution in [1.29, 1.82) is 0 Å². The quantitative estimate of drug-likeness (QED) is 0.554. The van der Waals surface area contributed by atoms with Crippen molar-refractivity contribution in [2.24, 2.45) is 0 Å². The number of nitrogens with zero attached hydrogens (tertiary/aromatic N) is 1. The van der Waals surface area contributed by atoms with Crippen molar-refractivity contribution < 1.29 is 9.20 Å². The first-order valence-corrected chi connectivity index (χ1v) is 6.42. The van der Waals surface area contributed by atoms with Crippen LogP contribution < -0.4 is 16.0 Å². The fraction of sp³-hybridized carbons (Fsp3) is 0. The van der Waals surface area contributed by atoms with Gasteiger partial charge in [-0.1, -0.05) is 15.9 Å². The summed E-state index contributed by atoms with van der Waals surface area (Å²) in [6, 6.07) is 3.57. The van der Waals surface area contributed by atoms with Gasteiger partial charge in [-0.2, -0.15) is 0 Å². The first kappa shape index (κ1) is 11.9. The van der Waals surface area contributed by atoms with E-state index in [1.165, 1.54) is 4.68 Å². The Morgan fingerprint density at radius 3 is 2.56 bits per heavy atom. The number of aromatic nitrogens is 2. The molecule has 0 aliphatic carbocycles. The van der Waals surface area contributed by atoms with Gasteiger partial charge in [0.1, 0.15) is 5.69 Å². The van der Waals surface area contributed by atoms with E-state index in [0.29, 0.717) is 11.4 Å². The molecule has 0 fully saturated rings. The van der Waals surface area contributed by atoms with Crippen LogP contribution in [0.25, 0.3) is 5.69 Å². The molecule has 0 amide bonds. The van der Waals surface area contributed by atoms with E-state index in [-0.39, 0.29) is 4.60 Å². The van der Waals surface area contributed by atoms with Crippen LogP contribution in [0.15, 0.2) is 35.0 Å². The van der Waals surface area contributed by atoms with E-state index in [9.17, 15) is 4.79 Å². The summed E-state index contributed by atoms with van der Waals surface area (Å²) in [6.45, 7) is 0. The second-order valence-electron chi connectivity index (χ2n) is 2.93. The maximum absolute atomic E-state index is 11.2. The highest BCUT2D eigenvalue weighted by atomic mass is 79.9. The average Bonchev–Trinajstić information content (AvgIpc) is 2.54. The summed E-state index contributed by atoms with van der Waals surface area (Å²) in [5, 5.41) is 2.45. The van der Waals surface area contributed by atoms with Gasteiger partial charge in [0.2, 0.25) is 0 Å². The fourth-order valence-corrected chi connectivity index (χ4v) is 2.72. The molecule has 0 unspecified atom stereocenters. The van der Waals surface area contributed by atoms with Gasteiger partial charge in [0.05, 0.1) is 0 Å². The van der Waals surface area contributed by atoms with Crippen LogP contribution in [0, 0.1) is 0 Å². The number of rotatable bonds is 1. The molecule has 0 spiro atoms. The maximum atomic E-state index is 11.2. The minimum Gasteiger partial charge on any atom is -0.392 e. The summed E-state index contributed by atoms with van der Waals surface area (Å²) in [5.41, 5.74) is 6.47. The number of hydrogen-bond donors (Lipinski definition) is 2. The van der Waals surface area contributed by atoms with Crippen molar-refractivity contribution >= 4 is 53.5 Å². The van der Waals surface area contributed by atoms with Gasteiger partial charge in [0.25, 0.3) is 5.69 Å². The Bertz CT molecular complexity index is 605. The average molecular weight is 415 g/mol. The zero-order valence-corrected chi connectivity index (χ0v) is 12.4. The third-order valence-corrected chi connectivity index (χ3v) is 3.70. The highest BCUT2D eigenvalue weighted by molar-refractivity contribution is 9.11. The molecule has 2 aromatic rings. The summed E-state index contributed by atoms with van der Waals surface area (Å²) in [5.74, 6) is 0. The molecule has 1 aromatic carbocycles. The lowest BCUT2D eigenvalue weighted by Gasteiger charge is -2.00. The Balaban J connectivity index is 2.74. The van der Waals surface area contributed by atoms with Gasteiger partial charge in [0.15, 0.2) is 0 Å². The van der Waals surface area contributed by atoms with Crippen LogP contribution in [0.2, 0.25) is 0 Å². The standard InChI is InChI=1S/C8H4Br3N3O2/c9-3-1-4(10)6(12)5(2-3)14-7(11)8(15)16-13-14/h1-2H,(H2-,12,13,15)/p+1. The summed E-state index contributed by atoms with van der Waals surface area (Å²) in [6.07, 6.45) is 0. The summed E-state index contributed by atoms with van der Waals surface area (Å²) < 4.78 is 7.83. The first-order valence-electron chi connectivity index (χ1n) is 4.04. The van der Waals surface area contributed by atoms with Gasteiger partial charge in [-0.05, 0) is 31.9 Å². The Labute approximate surface area is 115 Å². The summed E-state index contributed by atoms with van der Waals surface area (Å²) in [7, 11) is 0. The fourth-order valence-electron chi connectivity index (χ4n) is 1.17. The minimum absolute atomic E-state index is 0.240. The molecule has 0 radical (unpaired) electrons. The summed E-state index contributed by atoms with van der Waals surface area (Å²) >= 11 is 9.77. The van der Waals surface area contributed by atoms with Crippen molar-refractivity contribution in [2.45, 2.75) is 0 Å². The van der Waals surface area contributed by atoms with Gasteiger partial charge < -0.3 is 5.73 Å². The minimum atomic E-state index is -0.504. The molecule has 0 aliphatic heterocycles.